The number of hydrogen-bond donors (Lipinski definition) is 2. The Morgan fingerprint density at radius 1 is 1.07 bits per heavy atom. The highest BCUT2D eigenvalue weighted by atomic mass is 32.2. The quantitative estimate of drug-likeness (QED) is 0.727. The molecule has 1 saturated heterocycles. The number of aromatic amines is 1. The number of amides is 1. The van der Waals surface area contributed by atoms with E-state index in [4.69, 9.17) is 0 Å². The molecule has 8 heteroatoms. The van der Waals surface area contributed by atoms with Crippen molar-refractivity contribution in [2.45, 2.75) is 51.9 Å². The molecule has 0 unspecified atom stereocenters. The zero-order valence-corrected chi connectivity index (χ0v) is 18.1. The number of anilines is 1. The molecule has 29 heavy (non-hydrogen) atoms. The normalized spacial score (nSPS) is 15.3. The van der Waals surface area contributed by atoms with Gasteiger partial charge in [-0.2, -0.15) is 4.31 Å². The highest BCUT2D eigenvalue weighted by Gasteiger charge is 2.28. The lowest BCUT2D eigenvalue weighted by Gasteiger charge is -2.26. The van der Waals surface area contributed by atoms with Crippen LogP contribution in [0.25, 0.3) is 0 Å². The molecule has 2 aromatic rings. The maximum Gasteiger partial charge on any atom is 0.272 e. The predicted octanol–water partition coefficient (Wildman–Crippen LogP) is 3.57. The smallest absolute Gasteiger partial charge is 0.272 e. The molecule has 0 atom stereocenters. The molecule has 156 valence electrons. The first-order valence-corrected chi connectivity index (χ1v) is 11.2. The van der Waals surface area contributed by atoms with Crippen LogP contribution in [0, 0.1) is 20.8 Å². The van der Waals surface area contributed by atoms with E-state index in [9.17, 15) is 18.0 Å². The molecule has 3 rings (SSSR count). The standard InChI is InChI=1S/C21H27N3O4S/c1-13-8-9-17(12-18(13)29(27,28)24-10-6-5-7-11-24)23-21(26)20-14(2)19(16(4)25)15(3)22-20/h8-9,12,22H,5-7,10-11H2,1-4H3,(H,23,26). The molecule has 1 amide bonds. The second-order valence-corrected chi connectivity index (χ2v) is 9.49. The summed E-state index contributed by atoms with van der Waals surface area (Å²) in [5, 5.41) is 2.76. The van der Waals surface area contributed by atoms with Crippen molar-refractivity contribution in [2.75, 3.05) is 18.4 Å². The summed E-state index contributed by atoms with van der Waals surface area (Å²) in [4.78, 5) is 27.7. The number of ketones is 1. The highest BCUT2D eigenvalue weighted by Crippen LogP contribution is 2.27. The average molecular weight is 418 g/mol. The van der Waals surface area contributed by atoms with Crippen LogP contribution in [0.3, 0.4) is 0 Å². The van der Waals surface area contributed by atoms with Crippen molar-refractivity contribution in [1.82, 2.24) is 9.29 Å². The van der Waals surface area contributed by atoms with Crippen LogP contribution in [-0.2, 0) is 10.0 Å². The first-order chi connectivity index (χ1) is 13.6. The van der Waals surface area contributed by atoms with Crippen molar-refractivity contribution in [1.29, 1.82) is 0 Å². The summed E-state index contributed by atoms with van der Waals surface area (Å²) in [7, 11) is -3.61. The van der Waals surface area contributed by atoms with Gasteiger partial charge < -0.3 is 10.3 Å². The van der Waals surface area contributed by atoms with E-state index in [1.807, 2.05) is 0 Å². The Kier molecular flexibility index (Phi) is 5.95. The SMILES string of the molecule is CC(=O)c1c(C)[nH]c(C(=O)Nc2ccc(C)c(S(=O)(=O)N3CCCCC3)c2)c1C. The molecule has 7 nitrogen and oxygen atoms in total. The summed E-state index contributed by atoms with van der Waals surface area (Å²) in [5.41, 5.74) is 3.06. The van der Waals surface area contributed by atoms with Crippen LogP contribution in [-0.4, -0.2) is 42.5 Å². The number of aromatic nitrogens is 1. The van der Waals surface area contributed by atoms with Crippen molar-refractivity contribution in [2.24, 2.45) is 0 Å². The van der Waals surface area contributed by atoms with Crippen LogP contribution in [0.2, 0.25) is 0 Å². The number of sulfonamides is 1. The van der Waals surface area contributed by atoms with Crippen molar-refractivity contribution >= 4 is 27.4 Å². The van der Waals surface area contributed by atoms with Crippen molar-refractivity contribution in [3.05, 3.63) is 46.3 Å². The van der Waals surface area contributed by atoms with E-state index in [2.05, 4.69) is 10.3 Å². The summed E-state index contributed by atoms with van der Waals surface area (Å²) >= 11 is 0. The van der Waals surface area contributed by atoms with E-state index in [1.54, 1.807) is 32.9 Å². The Balaban J connectivity index is 1.90. The number of Topliss-reactive ketones (excluding diaryl/α,β-unsaturated/α-hetero) is 1. The van der Waals surface area contributed by atoms with E-state index in [0.29, 0.717) is 46.9 Å². The lowest BCUT2D eigenvalue weighted by atomic mass is 10.1. The van der Waals surface area contributed by atoms with Crippen molar-refractivity contribution < 1.29 is 18.0 Å². The summed E-state index contributed by atoms with van der Waals surface area (Å²) in [6, 6.07) is 4.88. The fourth-order valence-electron chi connectivity index (χ4n) is 3.90. The fourth-order valence-corrected chi connectivity index (χ4v) is 5.67. The van der Waals surface area contributed by atoms with Gasteiger partial charge in [0, 0.05) is 30.0 Å². The topological polar surface area (TPSA) is 99.3 Å². The summed E-state index contributed by atoms with van der Waals surface area (Å²) in [6.45, 7) is 7.72. The first-order valence-electron chi connectivity index (χ1n) is 9.75. The minimum atomic E-state index is -3.61. The number of carbonyl (C=O) groups is 2. The molecule has 0 aliphatic carbocycles. The number of aryl methyl sites for hydroxylation is 2. The fraction of sp³-hybridized carbons (Fsp3) is 0.429. The molecule has 0 saturated carbocycles. The van der Waals surface area contributed by atoms with Crippen LogP contribution < -0.4 is 5.32 Å². The van der Waals surface area contributed by atoms with E-state index < -0.39 is 15.9 Å². The Labute approximate surface area is 171 Å². The van der Waals surface area contributed by atoms with Gasteiger partial charge in [0.25, 0.3) is 5.91 Å². The number of nitrogens with one attached hydrogen (secondary N) is 2. The largest absolute Gasteiger partial charge is 0.354 e. The third kappa shape index (κ3) is 4.13. The molecular weight excluding hydrogens is 390 g/mol. The van der Waals surface area contributed by atoms with Crippen LogP contribution in [0.15, 0.2) is 23.1 Å². The van der Waals surface area contributed by atoms with E-state index >= 15 is 0 Å². The maximum atomic E-state index is 13.1. The molecule has 0 radical (unpaired) electrons. The van der Waals surface area contributed by atoms with Gasteiger partial charge in [0.15, 0.2) is 5.78 Å². The minimum Gasteiger partial charge on any atom is -0.354 e. The van der Waals surface area contributed by atoms with Crippen LogP contribution in [0.4, 0.5) is 5.69 Å². The van der Waals surface area contributed by atoms with Gasteiger partial charge in [-0.3, -0.25) is 9.59 Å². The number of benzene rings is 1. The monoisotopic (exact) mass is 417 g/mol. The summed E-state index contributed by atoms with van der Waals surface area (Å²) in [5.74, 6) is -0.524. The number of hydrogen-bond acceptors (Lipinski definition) is 4. The van der Waals surface area contributed by atoms with Gasteiger partial charge in [-0.1, -0.05) is 12.5 Å². The van der Waals surface area contributed by atoms with Crippen molar-refractivity contribution in [3.8, 4) is 0 Å². The van der Waals surface area contributed by atoms with Crippen LogP contribution >= 0.6 is 0 Å². The molecule has 0 bridgehead atoms. The number of nitrogens with zero attached hydrogens (tertiary/aromatic N) is 1. The molecule has 2 N–H and O–H groups in total. The number of carbonyl (C=O) groups excluding carboxylic acids is 2. The summed E-state index contributed by atoms with van der Waals surface area (Å²) < 4.78 is 27.6. The van der Waals surface area contributed by atoms with Gasteiger partial charge in [0.1, 0.15) is 5.69 Å². The third-order valence-corrected chi connectivity index (χ3v) is 7.44. The lowest BCUT2D eigenvalue weighted by molar-refractivity contribution is 0.101. The highest BCUT2D eigenvalue weighted by molar-refractivity contribution is 7.89. The Morgan fingerprint density at radius 2 is 1.72 bits per heavy atom. The second kappa shape index (κ2) is 8.12. The molecule has 1 aliphatic rings. The maximum absolute atomic E-state index is 13.1. The van der Waals surface area contributed by atoms with Gasteiger partial charge in [-0.25, -0.2) is 8.42 Å². The molecule has 1 aromatic heterocycles. The van der Waals surface area contributed by atoms with Crippen molar-refractivity contribution in [3.63, 3.8) is 0 Å². The first kappa shape index (κ1) is 21.3. The molecule has 2 heterocycles. The van der Waals surface area contributed by atoms with E-state index in [1.165, 1.54) is 17.3 Å². The number of rotatable bonds is 5. The molecular formula is C21H27N3O4S. The van der Waals surface area contributed by atoms with Gasteiger partial charge in [-0.05, 0) is 63.8 Å². The van der Waals surface area contributed by atoms with E-state index in [-0.39, 0.29) is 10.7 Å². The van der Waals surface area contributed by atoms with Gasteiger partial charge >= 0.3 is 0 Å². The lowest BCUT2D eigenvalue weighted by Crippen LogP contribution is -2.36. The third-order valence-electron chi connectivity index (χ3n) is 5.40. The average Bonchev–Trinajstić information content (AvgIpc) is 2.98. The summed E-state index contributed by atoms with van der Waals surface area (Å²) in [6.07, 6.45) is 2.76. The Hall–Kier alpha value is -2.45. The van der Waals surface area contributed by atoms with Crippen LogP contribution in [0.5, 0.6) is 0 Å². The van der Waals surface area contributed by atoms with Crippen LogP contribution in [0.1, 0.15) is 63.9 Å². The Morgan fingerprint density at radius 3 is 2.31 bits per heavy atom. The molecule has 1 aromatic carbocycles. The molecule has 1 fully saturated rings. The second-order valence-electron chi connectivity index (χ2n) is 7.58. The zero-order valence-electron chi connectivity index (χ0n) is 17.3. The predicted molar refractivity (Wildman–Crippen MR) is 112 cm³/mol. The van der Waals surface area contributed by atoms with Gasteiger partial charge in [0.05, 0.1) is 4.90 Å². The molecule has 0 spiro atoms. The van der Waals surface area contributed by atoms with Gasteiger partial charge in [0.2, 0.25) is 10.0 Å². The molecule has 1 aliphatic heterocycles. The minimum absolute atomic E-state index is 0.111. The Bertz CT molecular complexity index is 1060. The number of piperidine rings is 1. The zero-order chi connectivity index (χ0) is 21.3. The number of H-pyrrole nitrogens is 1. The van der Waals surface area contributed by atoms with E-state index in [0.717, 1.165) is 19.3 Å². The van der Waals surface area contributed by atoms with Gasteiger partial charge in [-0.15, -0.1) is 0 Å².